The minimum atomic E-state index is -0.953. The molecular weight excluding hydrogens is 458 g/mol. The number of carbonyl (C=O) groups excluding carboxylic acids is 2. The van der Waals surface area contributed by atoms with E-state index in [4.69, 9.17) is 25.8 Å². The van der Waals surface area contributed by atoms with Crippen molar-refractivity contribution in [2.45, 2.75) is 13.5 Å². The molecule has 0 radical (unpaired) electrons. The van der Waals surface area contributed by atoms with Crippen molar-refractivity contribution in [2.75, 3.05) is 19.0 Å². The van der Waals surface area contributed by atoms with E-state index in [9.17, 15) is 9.59 Å². The standard InChI is InChI=1S/C25H24ClN3O5/c1-3-33-23-13-18(9-11-22(23)34-16-17-7-5-4-6-8-17)15-27-29-25(31)24(30)28-20-14-19(26)10-12-21(20)32-2/h4-15H,3,16H2,1-2H3,(H,28,30)(H,29,31). The molecule has 9 heteroatoms. The van der Waals surface area contributed by atoms with Gasteiger partial charge in [0.25, 0.3) is 0 Å². The van der Waals surface area contributed by atoms with Gasteiger partial charge >= 0.3 is 11.8 Å². The van der Waals surface area contributed by atoms with E-state index in [1.54, 1.807) is 30.3 Å². The number of hydrogen-bond acceptors (Lipinski definition) is 6. The molecule has 8 nitrogen and oxygen atoms in total. The number of benzene rings is 3. The summed E-state index contributed by atoms with van der Waals surface area (Å²) >= 11 is 5.94. The van der Waals surface area contributed by atoms with Crippen LogP contribution in [0.2, 0.25) is 5.02 Å². The Hall–Kier alpha value is -4.04. The average molecular weight is 482 g/mol. The quantitative estimate of drug-likeness (QED) is 0.268. The first-order chi connectivity index (χ1) is 16.5. The molecule has 0 saturated heterocycles. The van der Waals surface area contributed by atoms with Gasteiger partial charge in [0, 0.05) is 5.02 Å². The van der Waals surface area contributed by atoms with Crippen LogP contribution in [0, 0.1) is 0 Å². The number of nitrogens with one attached hydrogen (secondary N) is 2. The van der Waals surface area contributed by atoms with E-state index >= 15 is 0 Å². The van der Waals surface area contributed by atoms with Crippen molar-refractivity contribution in [3.8, 4) is 17.2 Å². The van der Waals surface area contributed by atoms with Crippen LogP contribution in [0.1, 0.15) is 18.1 Å². The molecule has 3 aromatic carbocycles. The van der Waals surface area contributed by atoms with Crippen molar-refractivity contribution in [3.63, 3.8) is 0 Å². The molecule has 0 aromatic heterocycles. The Kier molecular flexibility index (Phi) is 8.88. The predicted molar refractivity (Wildman–Crippen MR) is 131 cm³/mol. The fourth-order valence-corrected chi connectivity index (χ4v) is 3.07. The first-order valence-electron chi connectivity index (χ1n) is 10.4. The topological polar surface area (TPSA) is 98.2 Å². The van der Waals surface area contributed by atoms with Crippen LogP contribution in [-0.4, -0.2) is 31.7 Å². The molecule has 0 aliphatic carbocycles. The zero-order chi connectivity index (χ0) is 24.3. The largest absolute Gasteiger partial charge is 0.495 e. The normalized spacial score (nSPS) is 10.6. The van der Waals surface area contributed by atoms with E-state index < -0.39 is 11.8 Å². The van der Waals surface area contributed by atoms with Crippen molar-refractivity contribution >= 4 is 35.3 Å². The molecule has 0 aliphatic rings. The van der Waals surface area contributed by atoms with Gasteiger partial charge in [-0.15, -0.1) is 0 Å². The number of carbonyl (C=O) groups is 2. The lowest BCUT2D eigenvalue weighted by Crippen LogP contribution is -2.32. The fourth-order valence-electron chi connectivity index (χ4n) is 2.90. The molecule has 2 amide bonds. The van der Waals surface area contributed by atoms with Gasteiger partial charge in [0.15, 0.2) is 11.5 Å². The van der Waals surface area contributed by atoms with Crippen molar-refractivity contribution in [1.82, 2.24) is 5.43 Å². The number of rotatable bonds is 9. The summed E-state index contributed by atoms with van der Waals surface area (Å²) in [4.78, 5) is 24.3. The van der Waals surface area contributed by atoms with Crippen LogP contribution in [-0.2, 0) is 16.2 Å². The molecule has 0 fully saturated rings. The van der Waals surface area contributed by atoms with Crippen LogP contribution < -0.4 is 25.0 Å². The maximum absolute atomic E-state index is 12.2. The summed E-state index contributed by atoms with van der Waals surface area (Å²) in [6, 6.07) is 19.7. The Bertz CT molecular complexity index is 1170. The van der Waals surface area contributed by atoms with E-state index in [-0.39, 0.29) is 5.69 Å². The molecule has 0 atom stereocenters. The molecule has 2 N–H and O–H groups in total. The summed E-state index contributed by atoms with van der Waals surface area (Å²) in [5.41, 5.74) is 4.14. The van der Waals surface area contributed by atoms with Crippen LogP contribution in [0.15, 0.2) is 71.8 Å². The van der Waals surface area contributed by atoms with Gasteiger partial charge in [-0.1, -0.05) is 41.9 Å². The molecule has 0 heterocycles. The summed E-state index contributed by atoms with van der Waals surface area (Å²) in [5, 5.41) is 6.68. The Labute approximate surface area is 202 Å². The second kappa shape index (κ2) is 12.3. The zero-order valence-electron chi connectivity index (χ0n) is 18.7. The van der Waals surface area contributed by atoms with Gasteiger partial charge < -0.3 is 19.5 Å². The minimum Gasteiger partial charge on any atom is -0.495 e. The molecule has 0 bridgehead atoms. The van der Waals surface area contributed by atoms with E-state index in [0.717, 1.165) is 5.56 Å². The van der Waals surface area contributed by atoms with Gasteiger partial charge in [-0.2, -0.15) is 5.10 Å². The van der Waals surface area contributed by atoms with Gasteiger partial charge in [0.05, 0.1) is 25.6 Å². The monoisotopic (exact) mass is 481 g/mol. The highest BCUT2D eigenvalue weighted by atomic mass is 35.5. The molecule has 3 aromatic rings. The first-order valence-corrected chi connectivity index (χ1v) is 10.8. The van der Waals surface area contributed by atoms with Crippen molar-refractivity contribution < 1.29 is 23.8 Å². The summed E-state index contributed by atoms with van der Waals surface area (Å²) in [6.45, 7) is 2.72. The van der Waals surface area contributed by atoms with Crippen LogP contribution in [0.3, 0.4) is 0 Å². The average Bonchev–Trinajstić information content (AvgIpc) is 2.84. The van der Waals surface area contributed by atoms with Crippen molar-refractivity contribution in [1.29, 1.82) is 0 Å². The molecule has 176 valence electrons. The second-order valence-corrected chi connectivity index (χ2v) is 7.35. The third-order valence-corrected chi connectivity index (χ3v) is 4.74. The molecule has 3 rings (SSSR count). The number of amides is 2. The van der Waals surface area contributed by atoms with E-state index in [1.807, 2.05) is 37.3 Å². The highest BCUT2D eigenvalue weighted by Crippen LogP contribution is 2.29. The second-order valence-electron chi connectivity index (χ2n) is 6.91. The summed E-state index contributed by atoms with van der Waals surface area (Å²) < 4.78 is 16.7. The molecule has 0 saturated carbocycles. The van der Waals surface area contributed by atoms with Crippen molar-refractivity contribution in [2.24, 2.45) is 5.10 Å². The summed E-state index contributed by atoms with van der Waals surface area (Å²) in [6.07, 6.45) is 1.40. The number of halogens is 1. The van der Waals surface area contributed by atoms with Crippen LogP contribution in [0.5, 0.6) is 17.2 Å². The molecule has 0 spiro atoms. The third kappa shape index (κ3) is 6.98. The Morgan fingerprint density at radius 3 is 2.44 bits per heavy atom. The smallest absolute Gasteiger partial charge is 0.329 e. The molecule has 0 unspecified atom stereocenters. The maximum Gasteiger partial charge on any atom is 0.329 e. The molecule has 0 aliphatic heterocycles. The summed E-state index contributed by atoms with van der Waals surface area (Å²) in [7, 11) is 1.44. The Morgan fingerprint density at radius 1 is 0.941 bits per heavy atom. The summed E-state index contributed by atoms with van der Waals surface area (Å²) in [5.74, 6) is -0.378. The van der Waals surface area contributed by atoms with Gasteiger partial charge in [-0.05, 0) is 54.4 Å². The number of hydrogen-bond donors (Lipinski definition) is 2. The number of hydrazone groups is 1. The van der Waals surface area contributed by atoms with E-state index in [2.05, 4.69) is 15.8 Å². The Morgan fingerprint density at radius 2 is 1.71 bits per heavy atom. The lowest BCUT2D eigenvalue weighted by molar-refractivity contribution is -0.136. The lowest BCUT2D eigenvalue weighted by Gasteiger charge is -2.12. The molecular formula is C25H24ClN3O5. The Balaban J connectivity index is 1.61. The van der Waals surface area contributed by atoms with Gasteiger partial charge in [-0.25, -0.2) is 5.43 Å². The van der Waals surface area contributed by atoms with Crippen LogP contribution in [0.4, 0.5) is 5.69 Å². The van der Waals surface area contributed by atoms with Crippen LogP contribution >= 0.6 is 11.6 Å². The number of ether oxygens (including phenoxy) is 3. The van der Waals surface area contributed by atoms with Crippen molar-refractivity contribution in [3.05, 3.63) is 82.9 Å². The minimum absolute atomic E-state index is 0.270. The SMILES string of the molecule is CCOc1cc(C=NNC(=O)C(=O)Nc2cc(Cl)ccc2OC)ccc1OCc1ccccc1. The maximum atomic E-state index is 12.2. The fraction of sp³-hybridized carbons (Fsp3) is 0.160. The number of anilines is 1. The highest BCUT2D eigenvalue weighted by molar-refractivity contribution is 6.40. The van der Waals surface area contributed by atoms with Gasteiger partial charge in [0.2, 0.25) is 0 Å². The van der Waals surface area contributed by atoms with Gasteiger partial charge in [0.1, 0.15) is 12.4 Å². The first kappa shape index (κ1) is 24.6. The van der Waals surface area contributed by atoms with Gasteiger partial charge in [-0.3, -0.25) is 9.59 Å². The predicted octanol–water partition coefficient (Wildman–Crippen LogP) is 4.42. The van der Waals surface area contributed by atoms with E-state index in [0.29, 0.717) is 41.0 Å². The zero-order valence-corrected chi connectivity index (χ0v) is 19.5. The van der Waals surface area contributed by atoms with E-state index in [1.165, 1.54) is 19.4 Å². The number of nitrogens with zero attached hydrogens (tertiary/aromatic N) is 1. The highest BCUT2D eigenvalue weighted by Gasteiger charge is 2.15. The molecule has 34 heavy (non-hydrogen) atoms. The van der Waals surface area contributed by atoms with Crippen LogP contribution in [0.25, 0.3) is 0 Å². The third-order valence-electron chi connectivity index (χ3n) is 4.50. The number of methoxy groups -OCH3 is 1. The lowest BCUT2D eigenvalue weighted by atomic mass is 10.2.